The van der Waals surface area contributed by atoms with Crippen LogP contribution in [-0.4, -0.2) is 10.9 Å². The third-order valence-electron chi connectivity index (χ3n) is 4.46. The maximum Gasteiger partial charge on any atom is 0.295 e. The lowest BCUT2D eigenvalue weighted by atomic mass is 10.1. The zero-order valence-corrected chi connectivity index (χ0v) is 14.8. The summed E-state index contributed by atoms with van der Waals surface area (Å²) in [6.07, 6.45) is 1.86. The van der Waals surface area contributed by atoms with E-state index in [2.05, 4.69) is 16.4 Å². The van der Waals surface area contributed by atoms with Crippen molar-refractivity contribution in [3.8, 4) is 17.5 Å². The number of aromatic amines is 1. The lowest BCUT2D eigenvalue weighted by Gasteiger charge is -2.02. The number of halogens is 1. The number of nitrogens with zero attached hydrogens (tertiary/aromatic N) is 2. The summed E-state index contributed by atoms with van der Waals surface area (Å²) in [5.74, 6) is 0.111. The summed E-state index contributed by atoms with van der Waals surface area (Å²) in [6.45, 7) is 0.223. The number of hydrogen-bond donors (Lipinski definition) is 2. The molecule has 0 spiro atoms. The highest BCUT2D eigenvalue weighted by Crippen LogP contribution is 2.18. The molecule has 0 saturated carbocycles. The van der Waals surface area contributed by atoms with E-state index in [0.29, 0.717) is 16.8 Å². The molecule has 136 valence electrons. The first kappa shape index (κ1) is 17.4. The number of carbonyl (C=O) groups is 1. The van der Waals surface area contributed by atoms with E-state index >= 15 is 0 Å². The molecule has 0 aliphatic carbocycles. The average molecular weight is 371 g/mol. The Kier molecular flexibility index (Phi) is 4.56. The standard InChI is InChI=1S/C22H15FN4O/c23-18-5-3-4-16(12-18)14-25-22(28)20-19-6-1-2-11-27(19)21(26-20)17-9-7-15(13-24)8-10-17/h1-12H,14H2,(H,25,28)/p+1. The Balaban J connectivity index is 1.67. The summed E-state index contributed by atoms with van der Waals surface area (Å²) in [4.78, 5) is 16.0. The van der Waals surface area contributed by atoms with Gasteiger partial charge in [-0.1, -0.05) is 18.2 Å². The van der Waals surface area contributed by atoms with Gasteiger partial charge < -0.3 is 5.32 Å². The van der Waals surface area contributed by atoms with Crippen LogP contribution in [-0.2, 0) is 6.54 Å². The van der Waals surface area contributed by atoms with Gasteiger partial charge >= 0.3 is 0 Å². The van der Waals surface area contributed by atoms with E-state index in [1.807, 2.05) is 40.9 Å². The zero-order valence-electron chi connectivity index (χ0n) is 14.8. The molecule has 4 aromatic rings. The van der Waals surface area contributed by atoms with Crippen molar-refractivity contribution in [3.63, 3.8) is 0 Å². The third-order valence-corrected chi connectivity index (χ3v) is 4.46. The third kappa shape index (κ3) is 3.33. The van der Waals surface area contributed by atoms with E-state index in [0.717, 1.165) is 16.9 Å². The Morgan fingerprint density at radius 3 is 2.68 bits per heavy atom. The molecule has 0 saturated heterocycles. The minimum Gasteiger partial charge on any atom is -0.345 e. The molecular formula is C22H16FN4O+. The van der Waals surface area contributed by atoms with E-state index in [1.165, 1.54) is 12.1 Å². The Bertz CT molecular complexity index is 1210. The number of H-pyrrole nitrogens is 1. The Morgan fingerprint density at radius 2 is 1.93 bits per heavy atom. The molecule has 2 aromatic carbocycles. The Labute approximate surface area is 160 Å². The quantitative estimate of drug-likeness (QED) is 0.540. The summed E-state index contributed by atoms with van der Waals surface area (Å²) < 4.78 is 15.2. The molecule has 0 radical (unpaired) electrons. The van der Waals surface area contributed by atoms with Crippen LogP contribution < -0.4 is 9.72 Å². The largest absolute Gasteiger partial charge is 0.345 e. The van der Waals surface area contributed by atoms with Gasteiger partial charge in [-0.3, -0.25) is 4.79 Å². The lowest BCUT2D eigenvalue weighted by Crippen LogP contribution is -2.25. The topological polar surface area (TPSA) is 72.8 Å². The molecule has 2 heterocycles. The lowest BCUT2D eigenvalue weighted by molar-refractivity contribution is -0.498. The number of fused-ring (bicyclic) bond motifs is 1. The molecule has 0 aliphatic rings. The molecule has 0 unspecified atom stereocenters. The fourth-order valence-electron chi connectivity index (χ4n) is 3.09. The van der Waals surface area contributed by atoms with Crippen molar-refractivity contribution in [2.45, 2.75) is 6.54 Å². The summed E-state index contributed by atoms with van der Waals surface area (Å²) >= 11 is 0. The number of amides is 1. The monoisotopic (exact) mass is 371 g/mol. The minimum absolute atomic E-state index is 0.223. The van der Waals surface area contributed by atoms with Crippen LogP contribution in [0.1, 0.15) is 21.6 Å². The predicted molar refractivity (Wildman–Crippen MR) is 102 cm³/mol. The van der Waals surface area contributed by atoms with Crippen LogP contribution >= 0.6 is 0 Å². The summed E-state index contributed by atoms with van der Waals surface area (Å²) in [5.41, 5.74) is 3.24. The molecule has 0 aliphatic heterocycles. The van der Waals surface area contributed by atoms with Gasteiger partial charge in [-0.15, -0.1) is 0 Å². The molecule has 2 aromatic heterocycles. The van der Waals surface area contributed by atoms with Gasteiger partial charge in [0.05, 0.1) is 23.4 Å². The van der Waals surface area contributed by atoms with Crippen molar-refractivity contribution in [2.24, 2.45) is 0 Å². The predicted octanol–water partition coefficient (Wildman–Crippen LogP) is 3.36. The van der Waals surface area contributed by atoms with E-state index in [-0.39, 0.29) is 18.3 Å². The van der Waals surface area contributed by atoms with Crippen molar-refractivity contribution < 1.29 is 13.6 Å². The van der Waals surface area contributed by atoms with Gasteiger partial charge in [-0.05, 0) is 54.1 Å². The number of aromatic nitrogens is 2. The first-order valence-electron chi connectivity index (χ1n) is 8.71. The zero-order chi connectivity index (χ0) is 19.5. The number of benzene rings is 2. The maximum atomic E-state index is 13.3. The molecule has 0 atom stereocenters. The normalized spacial score (nSPS) is 10.6. The van der Waals surface area contributed by atoms with Gasteiger partial charge in [0.1, 0.15) is 5.82 Å². The molecule has 4 rings (SSSR count). The van der Waals surface area contributed by atoms with Crippen LogP contribution in [0.15, 0.2) is 72.9 Å². The highest BCUT2D eigenvalue weighted by atomic mass is 19.1. The average Bonchev–Trinajstić information content (AvgIpc) is 3.12. The molecule has 2 N–H and O–H groups in total. The first-order chi connectivity index (χ1) is 13.7. The molecule has 28 heavy (non-hydrogen) atoms. The van der Waals surface area contributed by atoms with Crippen LogP contribution in [0.5, 0.6) is 0 Å². The molecule has 6 heteroatoms. The number of hydrogen-bond acceptors (Lipinski definition) is 2. The van der Waals surface area contributed by atoms with Crippen LogP contribution in [0, 0.1) is 17.1 Å². The molecule has 5 nitrogen and oxygen atoms in total. The number of nitrogens with one attached hydrogen (secondary N) is 2. The summed E-state index contributed by atoms with van der Waals surface area (Å²) in [7, 11) is 0. The Hall–Kier alpha value is -3.98. The molecule has 0 fully saturated rings. The number of nitriles is 1. The molecule has 1 amide bonds. The van der Waals surface area contributed by atoms with Gasteiger partial charge in [-0.2, -0.15) is 9.66 Å². The van der Waals surface area contributed by atoms with E-state index < -0.39 is 0 Å². The fourth-order valence-corrected chi connectivity index (χ4v) is 3.09. The van der Waals surface area contributed by atoms with Crippen LogP contribution in [0.4, 0.5) is 4.39 Å². The van der Waals surface area contributed by atoms with Crippen molar-refractivity contribution >= 4 is 11.4 Å². The van der Waals surface area contributed by atoms with Crippen molar-refractivity contribution in [2.75, 3.05) is 0 Å². The number of carbonyl (C=O) groups excluding carboxylic acids is 1. The van der Waals surface area contributed by atoms with Crippen molar-refractivity contribution in [1.82, 2.24) is 10.3 Å². The second-order valence-corrected chi connectivity index (χ2v) is 6.31. The summed E-state index contributed by atoms with van der Waals surface area (Å²) in [5, 5.41) is 11.8. The second kappa shape index (κ2) is 7.33. The van der Waals surface area contributed by atoms with Crippen molar-refractivity contribution in [3.05, 3.63) is 95.6 Å². The van der Waals surface area contributed by atoms with Gasteiger partial charge in [0.15, 0.2) is 5.52 Å². The smallest absolute Gasteiger partial charge is 0.295 e. The van der Waals surface area contributed by atoms with Crippen LogP contribution in [0.25, 0.3) is 16.9 Å². The van der Waals surface area contributed by atoms with Crippen molar-refractivity contribution in [1.29, 1.82) is 5.26 Å². The van der Waals surface area contributed by atoms with Crippen LogP contribution in [0.3, 0.4) is 0 Å². The van der Waals surface area contributed by atoms with E-state index in [9.17, 15) is 9.18 Å². The number of rotatable bonds is 4. The second-order valence-electron chi connectivity index (χ2n) is 6.31. The highest BCUT2D eigenvalue weighted by Gasteiger charge is 2.24. The minimum atomic E-state index is -0.337. The van der Waals surface area contributed by atoms with E-state index in [1.54, 1.807) is 24.3 Å². The van der Waals surface area contributed by atoms with Gasteiger partial charge in [-0.25, -0.2) is 9.37 Å². The first-order valence-corrected chi connectivity index (χ1v) is 8.71. The van der Waals surface area contributed by atoms with Gasteiger partial charge in [0, 0.05) is 6.54 Å². The summed E-state index contributed by atoms with van der Waals surface area (Å²) in [6, 6.07) is 20.9. The fraction of sp³-hybridized carbons (Fsp3) is 0.0455. The van der Waals surface area contributed by atoms with E-state index in [4.69, 9.17) is 5.26 Å². The van der Waals surface area contributed by atoms with Gasteiger partial charge in [0.2, 0.25) is 5.69 Å². The maximum absolute atomic E-state index is 13.3. The number of pyridine rings is 1. The molecule has 0 bridgehead atoms. The SMILES string of the molecule is N#Cc1ccc(-c2[nH]c(C(=O)NCc3cccc(F)c3)c3cccc[n+]23)cc1. The van der Waals surface area contributed by atoms with Gasteiger partial charge in [0.25, 0.3) is 11.7 Å². The number of imidazole rings is 1. The molecular weight excluding hydrogens is 355 g/mol. The highest BCUT2D eigenvalue weighted by molar-refractivity contribution is 5.98. The van der Waals surface area contributed by atoms with Crippen LogP contribution in [0.2, 0.25) is 0 Å². The Morgan fingerprint density at radius 1 is 1.11 bits per heavy atom.